The summed E-state index contributed by atoms with van der Waals surface area (Å²) in [5, 5.41) is 3.81. The summed E-state index contributed by atoms with van der Waals surface area (Å²) in [5.74, 6) is 0.606. The van der Waals surface area contributed by atoms with Crippen molar-refractivity contribution in [2.75, 3.05) is 7.11 Å². The normalized spacial score (nSPS) is 10.5. The Morgan fingerprint density at radius 2 is 2.13 bits per heavy atom. The minimum absolute atomic E-state index is 0.142. The Labute approximate surface area is 134 Å². The van der Waals surface area contributed by atoms with Gasteiger partial charge in [-0.1, -0.05) is 6.07 Å². The summed E-state index contributed by atoms with van der Waals surface area (Å²) in [6.07, 6.45) is 3.44. The molecule has 0 bridgehead atoms. The third-order valence-corrected chi connectivity index (χ3v) is 3.64. The summed E-state index contributed by atoms with van der Waals surface area (Å²) in [6, 6.07) is 11.2. The first-order valence-electron chi connectivity index (χ1n) is 7.30. The Kier molecular flexibility index (Phi) is 4.19. The molecule has 1 aromatic carbocycles. The van der Waals surface area contributed by atoms with E-state index in [9.17, 15) is 4.79 Å². The van der Waals surface area contributed by atoms with E-state index in [0.717, 1.165) is 22.2 Å². The zero-order valence-corrected chi connectivity index (χ0v) is 13.0. The van der Waals surface area contributed by atoms with E-state index in [4.69, 9.17) is 4.74 Å². The number of nitrogens with zero attached hydrogens (tertiary/aromatic N) is 2. The maximum atomic E-state index is 12.4. The molecule has 3 rings (SSSR count). The highest BCUT2D eigenvalue weighted by atomic mass is 16.5. The van der Waals surface area contributed by atoms with Crippen LogP contribution in [0.4, 0.5) is 0 Å². The van der Waals surface area contributed by atoms with Crippen molar-refractivity contribution >= 4 is 16.8 Å². The van der Waals surface area contributed by atoms with Gasteiger partial charge in [0, 0.05) is 30.4 Å². The smallest absolute Gasteiger partial charge is 0.253 e. The second-order valence-electron chi connectivity index (χ2n) is 5.22. The van der Waals surface area contributed by atoms with Gasteiger partial charge in [-0.05, 0) is 36.8 Å². The lowest BCUT2D eigenvalue weighted by molar-refractivity contribution is 0.0950. The second-order valence-corrected chi connectivity index (χ2v) is 5.22. The van der Waals surface area contributed by atoms with E-state index in [0.29, 0.717) is 17.8 Å². The maximum absolute atomic E-state index is 12.4. The highest BCUT2D eigenvalue weighted by Gasteiger charge is 2.12. The van der Waals surface area contributed by atoms with Crippen molar-refractivity contribution < 1.29 is 9.53 Å². The van der Waals surface area contributed by atoms with Crippen LogP contribution in [0.15, 0.2) is 48.8 Å². The van der Waals surface area contributed by atoms with Gasteiger partial charge in [0.05, 0.1) is 23.9 Å². The minimum atomic E-state index is -0.142. The van der Waals surface area contributed by atoms with Crippen LogP contribution in [-0.2, 0) is 6.54 Å². The molecule has 0 fully saturated rings. The number of hydrogen-bond donors (Lipinski definition) is 1. The van der Waals surface area contributed by atoms with E-state index < -0.39 is 0 Å². The Bertz CT molecular complexity index is 848. The van der Waals surface area contributed by atoms with Crippen LogP contribution in [0, 0.1) is 6.92 Å². The molecule has 5 heteroatoms. The zero-order valence-electron chi connectivity index (χ0n) is 13.0. The van der Waals surface area contributed by atoms with Crippen LogP contribution in [0.2, 0.25) is 0 Å². The number of pyridine rings is 2. The van der Waals surface area contributed by atoms with Gasteiger partial charge >= 0.3 is 0 Å². The van der Waals surface area contributed by atoms with Gasteiger partial charge in [0.1, 0.15) is 5.75 Å². The predicted octanol–water partition coefficient (Wildman–Crippen LogP) is 2.88. The molecule has 0 atom stereocenters. The number of fused-ring (bicyclic) bond motifs is 1. The van der Waals surface area contributed by atoms with E-state index in [1.807, 2.05) is 43.3 Å². The van der Waals surface area contributed by atoms with Gasteiger partial charge in [-0.3, -0.25) is 14.8 Å². The number of carbonyl (C=O) groups is 1. The maximum Gasteiger partial charge on any atom is 0.253 e. The van der Waals surface area contributed by atoms with Crippen molar-refractivity contribution in [2.24, 2.45) is 0 Å². The van der Waals surface area contributed by atoms with Crippen LogP contribution < -0.4 is 10.1 Å². The number of methoxy groups -OCH3 is 1. The van der Waals surface area contributed by atoms with Crippen LogP contribution in [0.3, 0.4) is 0 Å². The van der Waals surface area contributed by atoms with Crippen LogP contribution in [0.5, 0.6) is 5.75 Å². The van der Waals surface area contributed by atoms with Gasteiger partial charge in [-0.15, -0.1) is 0 Å². The largest absolute Gasteiger partial charge is 0.497 e. The standard InChI is InChI=1S/C18H17N3O2/c1-12-16(18(22)20-11-13-4-3-7-19-10-13)8-14-5-6-15(23-2)9-17(14)21-12/h3-10H,11H2,1-2H3,(H,20,22). The lowest BCUT2D eigenvalue weighted by Gasteiger charge is -2.09. The highest BCUT2D eigenvalue weighted by molar-refractivity contribution is 5.98. The summed E-state index contributed by atoms with van der Waals surface area (Å²) < 4.78 is 5.20. The molecule has 0 saturated carbocycles. The molecule has 23 heavy (non-hydrogen) atoms. The van der Waals surface area contributed by atoms with Crippen molar-refractivity contribution in [2.45, 2.75) is 13.5 Å². The van der Waals surface area contributed by atoms with E-state index in [-0.39, 0.29) is 5.91 Å². The number of aromatic nitrogens is 2. The molecule has 5 nitrogen and oxygen atoms in total. The van der Waals surface area contributed by atoms with Crippen molar-refractivity contribution in [1.29, 1.82) is 0 Å². The van der Waals surface area contributed by atoms with E-state index in [1.54, 1.807) is 19.5 Å². The number of rotatable bonds is 4. The topological polar surface area (TPSA) is 64.1 Å². The third kappa shape index (κ3) is 3.29. The van der Waals surface area contributed by atoms with Crippen molar-refractivity contribution in [3.05, 3.63) is 65.6 Å². The molecule has 2 aromatic heterocycles. The van der Waals surface area contributed by atoms with Gasteiger partial charge in [0.15, 0.2) is 0 Å². The second kappa shape index (κ2) is 6.44. The number of aryl methyl sites for hydroxylation is 1. The Morgan fingerprint density at radius 1 is 1.26 bits per heavy atom. The summed E-state index contributed by atoms with van der Waals surface area (Å²) in [5.41, 5.74) is 3.03. The molecule has 0 aliphatic rings. The van der Waals surface area contributed by atoms with Gasteiger partial charge in [-0.25, -0.2) is 0 Å². The van der Waals surface area contributed by atoms with E-state index in [2.05, 4.69) is 15.3 Å². The first-order valence-corrected chi connectivity index (χ1v) is 7.30. The van der Waals surface area contributed by atoms with Crippen LogP contribution in [-0.4, -0.2) is 23.0 Å². The summed E-state index contributed by atoms with van der Waals surface area (Å²) in [7, 11) is 1.62. The van der Waals surface area contributed by atoms with E-state index in [1.165, 1.54) is 0 Å². The highest BCUT2D eigenvalue weighted by Crippen LogP contribution is 2.21. The lowest BCUT2D eigenvalue weighted by atomic mass is 10.1. The molecule has 0 spiro atoms. The molecule has 3 aromatic rings. The molecule has 0 saturated heterocycles. The minimum Gasteiger partial charge on any atom is -0.497 e. The van der Waals surface area contributed by atoms with Gasteiger partial charge < -0.3 is 10.1 Å². The van der Waals surface area contributed by atoms with Crippen molar-refractivity contribution in [1.82, 2.24) is 15.3 Å². The average Bonchev–Trinajstić information content (AvgIpc) is 2.59. The molecule has 1 amide bonds. The fourth-order valence-corrected chi connectivity index (χ4v) is 2.38. The molecule has 2 heterocycles. The number of hydrogen-bond acceptors (Lipinski definition) is 4. The van der Waals surface area contributed by atoms with Crippen LogP contribution >= 0.6 is 0 Å². The number of benzene rings is 1. The molecule has 1 N–H and O–H groups in total. The number of carbonyl (C=O) groups excluding carboxylic acids is 1. The predicted molar refractivity (Wildman–Crippen MR) is 88.4 cm³/mol. The van der Waals surface area contributed by atoms with Crippen molar-refractivity contribution in [3.8, 4) is 5.75 Å². The third-order valence-electron chi connectivity index (χ3n) is 3.64. The van der Waals surface area contributed by atoms with Crippen LogP contribution in [0.25, 0.3) is 10.9 Å². The number of amides is 1. The monoisotopic (exact) mass is 307 g/mol. The summed E-state index contributed by atoms with van der Waals surface area (Å²) in [6.45, 7) is 2.27. The molecular weight excluding hydrogens is 290 g/mol. The zero-order chi connectivity index (χ0) is 16.2. The summed E-state index contributed by atoms with van der Waals surface area (Å²) in [4.78, 5) is 21.0. The average molecular weight is 307 g/mol. The first kappa shape index (κ1) is 15.0. The van der Waals surface area contributed by atoms with Gasteiger partial charge in [0.2, 0.25) is 0 Å². The molecule has 0 unspecified atom stereocenters. The fraction of sp³-hybridized carbons (Fsp3) is 0.167. The Balaban J connectivity index is 1.84. The summed E-state index contributed by atoms with van der Waals surface area (Å²) >= 11 is 0. The van der Waals surface area contributed by atoms with Crippen LogP contribution in [0.1, 0.15) is 21.6 Å². The number of ether oxygens (including phenoxy) is 1. The first-order chi connectivity index (χ1) is 11.2. The molecule has 0 aliphatic carbocycles. The molecule has 0 radical (unpaired) electrons. The molecule has 0 aliphatic heterocycles. The SMILES string of the molecule is COc1ccc2cc(C(=O)NCc3cccnc3)c(C)nc2c1. The molecule has 116 valence electrons. The van der Waals surface area contributed by atoms with E-state index >= 15 is 0 Å². The Hall–Kier alpha value is -2.95. The Morgan fingerprint density at radius 3 is 2.87 bits per heavy atom. The fourth-order valence-electron chi connectivity index (χ4n) is 2.38. The van der Waals surface area contributed by atoms with Gasteiger partial charge in [0.25, 0.3) is 5.91 Å². The quantitative estimate of drug-likeness (QED) is 0.805. The van der Waals surface area contributed by atoms with Crippen molar-refractivity contribution in [3.63, 3.8) is 0 Å². The van der Waals surface area contributed by atoms with Gasteiger partial charge in [-0.2, -0.15) is 0 Å². The molecular formula is C18H17N3O2. The lowest BCUT2D eigenvalue weighted by Crippen LogP contribution is -2.24. The number of nitrogens with one attached hydrogen (secondary N) is 1.